The molecule has 0 saturated heterocycles. The van der Waals surface area contributed by atoms with Crippen molar-refractivity contribution < 1.29 is 23.7 Å². The fourth-order valence-corrected chi connectivity index (χ4v) is 2.45. The zero-order valence-electron chi connectivity index (χ0n) is 14.6. The van der Waals surface area contributed by atoms with Gasteiger partial charge < -0.3 is 14.5 Å². The smallest absolute Gasteiger partial charge is 0.375 e. The number of carbonyl (C=O) groups is 2. The monoisotopic (exact) mass is 382 g/mol. The molecule has 1 atom stereocenters. The molecule has 0 spiro atoms. The Labute approximate surface area is 157 Å². The number of nitro groups is 1. The van der Waals surface area contributed by atoms with Crippen LogP contribution in [0.3, 0.4) is 0 Å². The molecule has 0 fully saturated rings. The highest BCUT2D eigenvalue weighted by atomic mass is 16.6. The average molecular weight is 382 g/mol. The molecule has 0 aliphatic rings. The Kier molecular flexibility index (Phi) is 5.16. The lowest BCUT2D eigenvalue weighted by molar-refractivity contribution is -0.383. The summed E-state index contributed by atoms with van der Waals surface area (Å²) in [6, 6.07) is 12.9. The standard InChI is InChI=1S/C19H14N2O7/c1-11(18(23)20-13-7-3-4-8-14(13)21(25)26)27-19(24)17-10-15(22)12-6-2-5-9-16(12)28-17/h2-11H,1H3,(H,20,23)/t11-/m1/s1. The third-order valence-corrected chi connectivity index (χ3v) is 3.85. The molecule has 142 valence electrons. The molecule has 2 aromatic carbocycles. The van der Waals surface area contributed by atoms with Crippen molar-refractivity contribution in [1.82, 2.24) is 0 Å². The van der Waals surface area contributed by atoms with E-state index in [9.17, 15) is 24.5 Å². The van der Waals surface area contributed by atoms with Gasteiger partial charge in [0.2, 0.25) is 5.76 Å². The summed E-state index contributed by atoms with van der Waals surface area (Å²) in [5.74, 6) is -2.13. The minimum atomic E-state index is -1.29. The lowest BCUT2D eigenvalue weighted by Crippen LogP contribution is -2.30. The minimum absolute atomic E-state index is 0.0300. The van der Waals surface area contributed by atoms with Crippen molar-refractivity contribution in [1.29, 1.82) is 0 Å². The number of amides is 1. The Morgan fingerprint density at radius 2 is 1.82 bits per heavy atom. The number of fused-ring (bicyclic) bond motifs is 1. The van der Waals surface area contributed by atoms with Gasteiger partial charge in [0.05, 0.1) is 10.3 Å². The van der Waals surface area contributed by atoms with E-state index in [2.05, 4.69) is 5.32 Å². The average Bonchev–Trinajstić information content (AvgIpc) is 2.68. The second-order valence-corrected chi connectivity index (χ2v) is 5.78. The lowest BCUT2D eigenvalue weighted by atomic mass is 10.2. The Hall–Kier alpha value is -4.01. The van der Waals surface area contributed by atoms with Crippen LogP contribution >= 0.6 is 0 Å². The van der Waals surface area contributed by atoms with Gasteiger partial charge >= 0.3 is 5.97 Å². The molecule has 3 rings (SSSR count). The van der Waals surface area contributed by atoms with Gasteiger partial charge in [-0.15, -0.1) is 0 Å². The number of rotatable bonds is 5. The third-order valence-electron chi connectivity index (χ3n) is 3.85. The molecule has 0 aliphatic carbocycles. The SMILES string of the molecule is C[C@@H](OC(=O)c1cc(=O)c2ccccc2o1)C(=O)Nc1ccccc1[N+](=O)[O-]. The van der Waals surface area contributed by atoms with Gasteiger partial charge in [0.1, 0.15) is 11.3 Å². The number of para-hydroxylation sites is 3. The van der Waals surface area contributed by atoms with Crippen LogP contribution in [0.1, 0.15) is 17.5 Å². The quantitative estimate of drug-likeness (QED) is 0.408. The number of anilines is 1. The van der Waals surface area contributed by atoms with Crippen LogP contribution < -0.4 is 10.7 Å². The van der Waals surface area contributed by atoms with Gasteiger partial charge in [0.25, 0.3) is 11.6 Å². The maximum atomic E-state index is 12.2. The van der Waals surface area contributed by atoms with E-state index in [1.54, 1.807) is 18.2 Å². The van der Waals surface area contributed by atoms with Gasteiger partial charge in [-0.05, 0) is 25.1 Å². The normalized spacial score (nSPS) is 11.6. The molecule has 0 radical (unpaired) electrons. The molecular formula is C19H14N2O7. The van der Waals surface area contributed by atoms with E-state index in [0.29, 0.717) is 5.39 Å². The van der Waals surface area contributed by atoms with E-state index in [0.717, 1.165) is 6.07 Å². The number of nitrogens with zero attached hydrogens (tertiary/aromatic N) is 1. The van der Waals surface area contributed by atoms with E-state index in [1.807, 2.05) is 0 Å². The van der Waals surface area contributed by atoms with Crippen molar-refractivity contribution in [2.75, 3.05) is 5.32 Å². The summed E-state index contributed by atoms with van der Waals surface area (Å²) >= 11 is 0. The number of esters is 1. The summed E-state index contributed by atoms with van der Waals surface area (Å²) in [6.45, 7) is 1.29. The van der Waals surface area contributed by atoms with Crippen LogP contribution in [0.4, 0.5) is 11.4 Å². The van der Waals surface area contributed by atoms with E-state index < -0.39 is 28.3 Å². The molecular weight excluding hydrogens is 368 g/mol. The predicted molar refractivity (Wildman–Crippen MR) is 99.1 cm³/mol. The molecule has 9 heteroatoms. The molecule has 0 aliphatic heterocycles. The highest BCUT2D eigenvalue weighted by Crippen LogP contribution is 2.23. The maximum Gasteiger partial charge on any atom is 0.375 e. The van der Waals surface area contributed by atoms with E-state index >= 15 is 0 Å². The number of ether oxygens (including phenoxy) is 1. The second-order valence-electron chi connectivity index (χ2n) is 5.78. The van der Waals surface area contributed by atoms with Gasteiger partial charge in [-0.2, -0.15) is 0 Å². The first-order valence-corrected chi connectivity index (χ1v) is 8.15. The maximum absolute atomic E-state index is 12.2. The number of carbonyl (C=O) groups excluding carboxylic acids is 2. The van der Waals surface area contributed by atoms with Crippen molar-refractivity contribution in [2.45, 2.75) is 13.0 Å². The second kappa shape index (κ2) is 7.70. The highest BCUT2D eigenvalue weighted by molar-refractivity contribution is 5.98. The first kappa shape index (κ1) is 18.8. The first-order chi connectivity index (χ1) is 13.4. The van der Waals surface area contributed by atoms with Crippen LogP contribution in [0, 0.1) is 10.1 Å². The third kappa shape index (κ3) is 3.88. The van der Waals surface area contributed by atoms with Gasteiger partial charge in [-0.25, -0.2) is 4.79 Å². The van der Waals surface area contributed by atoms with E-state index in [1.165, 1.54) is 37.3 Å². The number of hydrogen-bond acceptors (Lipinski definition) is 7. The molecule has 28 heavy (non-hydrogen) atoms. The number of nitrogens with one attached hydrogen (secondary N) is 1. The van der Waals surface area contributed by atoms with Gasteiger partial charge in [0, 0.05) is 12.1 Å². The van der Waals surface area contributed by atoms with E-state index in [4.69, 9.17) is 9.15 Å². The largest absolute Gasteiger partial charge is 0.449 e. The van der Waals surface area contributed by atoms with Crippen molar-refractivity contribution in [3.8, 4) is 0 Å². The van der Waals surface area contributed by atoms with E-state index in [-0.39, 0.29) is 22.7 Å². The first-order valence-electron chi connectivity index (χ1n) is 8.15. The van der Waals surface area contributed by atoms with Crippen LogP contribution in [0.2, 0.25) is 0 Å². The molecule has 1 amide bonds. The summed E-state index contributed by atoms with van der Waals surface area (Å²) in [4.78, 5) is 46.9. The molecule has 1 N–H and O–H groups in total. The summed E-state index contributed by atoms with van der Waals surface area (Å²) in [7, 11) is 0. The summed E-state index contributed by atoms with van der Waals surface area (Å²) in [5, 5.41) is 13.6. The van der Waals surface area contributed by atoms with Crippen LogP contribution in [0.5, 0.6) is 0 Å². The molecule has 0 bridgehead atoms. The Morgan fingerprint density at radius 1 is 1.14 bits per heavy atom. The zero-order chi connectivity index (χ0) is 20.3. The minimum Gasteiger partial charge on any atom is -0.449 e. The van der Waals surface area contributed by atoms with Gasteiger partial charge in [-0.1, -0.05) is 24.3 Å². The summed E-state index contributed by atoms with van der Waals surface area (Å²) < 4.78 is 10.4. The van der Waals surface area contributed by atoms with Crippen molar-refractivity contribution in [2.24, 2.45) is 0 Å². The predicted octanol–water partition coefficient (Wildman–Crippen LogP) is 2.89. The highest BCUT2D eigenvalue weighted by Gasteiger charge is 2.23. The molecule has 1 heterocycles. The number of nitro benzene ring substituents is 1. The van der Waals surface area contributed by atoms with Gasteiger partial charge in [0.15, 0.2) is 11.5 Å². The van der Waals surface area contributed by atoms with Crippen LogP contribution in [-0.2, 0) is 9.53 Å². The Balaban J connectivity index is 1.75. The molecule has 3 aromatic rings. The van der Waals surface area contributed by atoms with Crippen LogP contribution in [0.15, 0.2) is 63.8 Å². The lowest BCUT2D eigenvalue weighted by Gasteiger charge is -2.13. The van der Waals surface area contributed by atoms with Crippen molar-refractivity contribution in [3.63, 3.8) is 0 Å². The summed E-state index contributed by atoms with van der Waals surface area (Å²) in [6.07, 6.45) is -1.29. The molecule has 9 nitrogen and oxygen atoms in total. The molecule has 0 saturated carbocycles. The Bertz CT molecular complexity index is 1140. The van der Waals surface area contributed by atoms with Crippen LogP contribution in [-0.4, -0.2) is 22.9 Å². The topological polar surface area (TPSA) is 129 Å². The van der Waals surface area contributed by atoms with Crippen molar-refractivity contribution in [3.05, 3.63) is 80.7 Å². The number of benzene rings is 2. The summed E-state index contributed by atoms with van der Waals surface area (Å²) in [5.41, 5.74) is -0.544. The fourth-order valence-electron chi connectivity index (χ4n) is 2.45. The van der Waals surface area contributed by atoms with Crippen LogP contribution in [0.25, 0.3) is 11.0 Å². The van der Waals surface area contributed by atoms with Crippen molar-refractivity contribution >= 4 is 34.2 Å². The number of hydrogen-bond donors (Lipinski definition) is 1. The zero-order valence-corrected chi connectivity index (χ0v) is 14.6. The fraction of sp³-hybridized carbons (Fsp3) is 0.105. The Morgan fingerprint density at radius 3 is 2.57 bits per heavy atom. The van der Waals surface area contributed by atoms with Gasteiger partial charge in [-0.3, -0.25) is 19.7 Å². The molecule has 0 unspecified atom stereocenters. The molecule has 1 aromatic heterocycles.